The van der Waals surface area contributed by atoms with E-state index in [9.17, 15) is 4.79 Å². The Morgan fingerprint density at radius 3 is 3.06 bits per heavy atom. The van der Waals surface area contributed by atoms with Gasteiger partial charge >= 0.3 is 6.09 Å². The van der Waals surface area contributed by atoms with E-state index in [0.717, 1.165) is 23.5 Å². The van der Waals surface area contributed by atoms with E-state index < -0.39 is 0 Å². The molecule has 2 aliphatic heterocycles. The van der Waals surface area contributed by atoms with Gasteiger partial charge in [0.2, 0.25) is 6.79 Å². The quantitative estimate of drug-likeness (QED) is 0.782. The molecular weight excluding hydrogens is 210 g/mol. The van der Waals surface area contributed by atoms with Crippen molar-refractivity contribution in [3.05, 3.63) is 23.8 Å². The lowest BCUT2D eigenvalue weighted by Crippen LogP contribution is -2.35. The summed E-state index contributed by atoms with van der Waals surface area (Å²) in [6.07, 6.45) is 0.360. The van der Waals surface area contributed by atoms with E-state index in [1.807, 2.05) is 18.2 Å². The Bertz CT molecular complexity index is 432. The summed E-state index contributed by atoms with van der Waals surface area (Å²) in [4.78, 5) is 11.1. The van der Waals surface area contributed by atoms with Gasteiger partial charge in [-0.05, 0) is 6.07 Å². The van der Waals surface area contributed by atoms with Crippen molar-refractivity contribution in [2.75, 3.05) is 13.4 Å². The third-order valence-corrected chi connectivity index (χ3v) is 2.73. The average molecular weight is 221 g/mol. The summed E-state index contributed by atoms with van der Waals surface area (Å²) in [6.45, 7) is 0.671. The van der Waals surface area contributed by atoms with Crippen LogP contribution in [-0.2, 0) is 4.74 Å². The number of carbonyl (C=O) groups is 1. The third kappa shape index (κ3) is 1.44. The van der Waals surface area contributed by atoms with Gasteiger partial charge < -0.3 is 19.5 Å². The van der Waals surface area contributed by atoms with Crippen LogP contribution in [0.5, 0.6) is 11.5 Å². The van der Waals surface area contributed by atoms with Crippen molar-refractivity contribution in [2.24, 2.45) is 0 Å². The van der Waals surface area contributed by atoms with Crippen LogP contribution in [0.1, 0.15) is 18.0 Å². The van der Waals surface area contributed by atoms with E-state index in [1.165, 1.54) is 0 Å². The van der Waals surface area contributed by atoms with Crippen LogP contribution < -0.4 is 14.8 Å². The van der Waals surface area contributed by atoms with Crippen LogP contribution in [0.25, 0.3) is 0 Å². The molecule has 0 unspecified atom stereocenters. The van der Waals surface area contributed by atoms with Gasteiger partial charge in [0.05, 0.1) is 12.6 Å². The Balaban J connectivity index is 1.94. The standard InChI is InChI=1S/C11H11NO4/c13-11-12-8(4-5-14-11)7-2-1-3-9-10(7)16-6-15-9/h1-3,8H,4-6H2,(H,12,13)/t8-/m1/s1. The SMILES string of the molecule is O=C1N[C@@H](c2cccc3c2OCO3)CCO1. The zero-order valence-corrected chi connectivity index (χ0v) is 8.56. The van der Waals surface area contributed by atoms with Crippen LogP contribution in [0, 0.1) is 0 Å². The molecule has 0 aromatic heterocycles. The highest BCUT2D eigenvalue weighted by molar-refractivity contribution is 5.69. The normalized spacial score (nSPS) is 22.5. The van der Waals surface area contributed by atoms with Crippen molar-refractivity contribution >= 4 is 6.09 Å². The number of para-hydroxylation sites is 1. The second kappa shape index (κ2) is 3.59. The summed E-state index contributed by atoms with van der Waals surface area (Å²) in [5.74, 6) is 1.47. The minimum absolute atomic E-state index is 0.0575. The van der Waals surface area contributed by atoms with Gasteiger partial charge in [-0.25, -0.2) is 4.79 Å². The lowest BCUT2D eigenvalue weighted by molar-refractivity contribution is 0.114. The predicted octanol–water partition coefficient (Wildman–Crippen LogP) is 1.59. The highest BCUT2D eigenvalue weighted by atomic mass is 16.7. The molecule has 1 fully saturated rings. The van der Waals surface area contributed by atoms with Gasteiger partial charge in [-0.3, -0.25) is 0 Å². The number of amides is 1. The molecule has 0 aliphatic carbocycles. The second-order valence-corrected chi connectivity index (χ2v) is 3.70. The summed E-state index contributed by atoms with van der Waals surface area (Å²) in [7, 11) is 0. The van der Waals surface area contributed by atoms with Crippen molar-refractivity contribution in [1.29, 1.82) is 0 Å². The number of nitrogens with one attached hydrogen (secondary N) is 1. The summed E-state index contributed by atoms with van der Waals surface area (Å²) < 4.78 is 15.5. The topological polar surface area (TPSA) is 56.8 Å². The molecule has 84 valence electrons. The highest BCUT2D eigenvalue weighted by Gasteiger charge is 2.27. The van der Waals surface area contributed by atoms with Crippen molar-refractivity contribution in [3.8, 4) is 11.5 Å². The molecule has 0 radical (unpaired) electrons. The number of fused-ring (bicyclic) bond motifs is 1. The molecule has 2 heterocycles. The molecule has 16 heavy (non-hydrogen) atoms. The van der Waals surface area contributed by atoms with Crippen LogP contribution in [0.15, 0.2) is 18.2 Å². The van der Waals surface area contributed by atoms with Gasteiger partial charge in [0.15, 0.2) is 11.5 Å². The number of hydrogen-bond acceptors (Lipinski definition) is 4. The van der Waals surface area contributed by atoms with E-state index in [-0.39, 0.29) is 18.9 Å². The maximum absolute atomic E-state index is 11.1. The predicted molar refractivity (Wildman–Crippen MR) is 54.4 cm³/mol. The lowest BCUT2D eigenvalue weighted by atomic mass is 10.0. The van der Waals surface area contributed by atoms with E-state index in [0.29, 0.717) is 6.61 Å². The van der Waals surface area contributed by atoms with Crippen LogP contribution in [0.4, 0.5) is 4.79 Å². The number of alkyl carbamates (subject to hydrolysis) is 1. The molecule has 1 atom stereocenters. The molecule has 1 saturated heterocycles. The molecule has 1 aromatic carbocycles. The van der Waals surface area contributed by atoms with Gasteiger partial charge in [0.25, 0.3) is 0 Å². The van der Waals surface area contributed by atoms with E-state index in [2.05, 4.69) is 5.32 Å². The zero-order chi connectivity index (χ0) is 11.0. The van der Waals surface area contributed by atoms with Crippen molar-refractivity contribution < 1.29 is 19.0 Å². The molecule has 1 aromatic rings. The van der Waals surface area contributed by atoms with Gasteiger partial charge in [-0.15, -0.1) is 0 Å². The van der Waals surface area contributed by atoms with Crippen LogP contribution in [0.3, 0.4) is 0 Å². The summed E-state index contributed by atoms with van der Waals surface area (Å²) in [5, 5.41) is 2.77. The van der Waals surface area contributed by atoms with E-state index in [1.54, 1.807) is 0 Å². The summed E-state index contributed by atoms with van der Waals surface area (Å²) >= 11 is 0. The molecule has 0 saturated carbocycles. The van der Waals surface area contributed by atoms with E-state index in [4.69, 9.17) is 14.2 Å². The first-order valence-corrected chi connectivity index (χ1v) is 5.16. The fraction of sp³-hybridized carbons (Fsp3) is 0.364. The van der Waals surface area contributed by atoms with Gasteiger partial charge in [0.1, 0.15) is 0 Å². The Kier molecular flexibility index (Phi) is 2.09. The average Bonchev–Trinajstić information content (AvgIpc) is 2.76. The highest BCUT2D eigenvalue weighted by Crippen LogP contribution is 2.39. The fourth-order valence-electron chi connectivity index (χ4n) is 1.99. The van der Waals surface area contributed by atoms with Crippen molar-refractivity contribution in [3.63, 3.8) is 0 Å². The molecule has 5 nitrogen and oxygen atoms in total. The van der Waals surface area contributed by atoms with Crippen molar-refractivity contribution in [2.45, 2.75) is 12.5 Å². The van der Waals surface area contributed by atoms with E-state index >= 15 is 0 Å². The van der Waals surface area contributed by atoms with Crippen LogP contribution in [-0.4, -0.2) is 19.5 Å². The zero-order valence-electron chi connectivity index (χ0n) is 8.56. The third-order valence-electron chi connectivity index (χ3n) is 2.73. The minimum atomic E-state index is -0.382. The largest absolute Gasteiger partial charge is 0.454 e. The number of carbonyl (C=O) groups excluding carboxylic acids is 1. The molecule has 1 N–H and O–H groups in total. The second-order valence-electron chi connectivity index (χ2n) is 3.70. The Labute approximate surface area is 92.3 Å². The molecule has 5 heteroatoms. The molecular formula is C11H11NO4. The molecule has 1 amide bonds. The van der Waals surface area contributed by atoms with Gasteiger partial charge in [-0.2, -0.15) is 0 Å². The number of rotatable bonds is 1. The first kappa shape index (κ1) is 9.33. The number of cyclic esters (lactones) is 1. The van der Waals surface area contributed by atoms with Crippen LogP contribution >= 0.6 is 0 Å². The number of benzene rings is 1. The number of hydrogen-bond donors (Lipinski definition) is 1. The molecule has 3 rings (SSSR count). The summed E-state index contributed by atoms with van der Waals surface area (Å²) in [5.41, 5.74) is 0.951. The Morgan fingerprint density at radius 1 is 1.25 bits per heavy atom. The fourth-order valence-corrected chi connectivity index (χ4v) is 1.99. The monoisotopic (exact) mass is 221 g/mol. The summed E-state index contributed by atoms with van der Waals surface area (Å²) in [6, 6.07) is 5.62. The molecule has 0 bridgehead atoms. The molecule has 2 aliphatic rings. The Hall–Kier alpha value is -1.91. The van der Waals surface area contributed by atoms with Crippen molar-refractivity contribution in [1.82, 2.24) is 5.32 Å². The first-order valence-electron chi connectivity index (χ1n) is 5.16. The van der Waals surface area contributed by atoms with Gasteiger partial charge in [-0.1, -0.05) is 12.1 Å². The maximum Gasteiger partial charge on any atom is 0.407 e. The van der Waals surface area contributed by atoms with Gasteiger partial charge in [0, 0.05) is 12.0 Å². The molecule has 0 spiro atoms. The smallest absolute Gasteiger partial charge is 0.407 e. The first-order chi connectivity index (χ1) is 7.84. The number of ether oxygens (including phenoxy) is 3. The van der Waals surface area contributed by atoms with Crippen LogP contribution in [0.2, 0.25) is 0 Å². The lowest BCUT2D eigenvalue weighted by Gasteiger charge is -2.24. The minimum Gasteiger partial charge on any atom is -0.454 e. The Morgan fingerprint density at radius 2 is 2.19 bits per heavy atom. The maximum atomic E-state index is 11.1.